The van der Waals surface area contributed by atoms with Crippen molar-refractivity contribution in [3.05, 3.63) is 33.5 Å². The molecule has 10 heteroatoms. The van der Waals surface area contributed by atoms with Crippen molar-refractivity contribution in [3.63, 3.8) is 0 Å². The van der Waals surface area contributed by atoms with Gasteiger partial charge in [-0.25, -0.2) is 4.98 Å². The van der Waals surface area contributed by atoms with E-state index in [-0.39, 0.29) is 5.78 Å². The molecule has 0 radical (unpaired) electrons. The highest BCUT2D eigenvalue weighted by atomic mass is 32.1. The van der Waals surface area contributed by atoms with Crippen LogP contribution >= 0.6 is 22.7 Å². The molecule has 23 heavy (non-hydrogen) atoms. The molecule has 8 nitrogen and oxygen atoms in total. The van der Waals surface area contributed by atoms with Gasteiger partial charge in [-0.2, -0.15) is 0 Å². The third-order valence-electron chi connectivity index (χ3n) is 3.13. The Balaban J connectivity index is 1.66. The van der Waals surface area contributed by atoms with Crippen LogP contribution in [-0.2, 0) is 9.47 Å². The quantitative estimate of drug-likeness (QED) is 0.560. The standard InChI is InChI=1S/C13H14N2O6S2/c16-5-6-9(17)11(19)21-13(20-6)15-12-14-4-8(23-12)10(18)7-2-1-3-22-7/h1-4,6,9,11,13,16-17,19H,5H2,(H,14,15)/t6?,9-,11?,13+/m1/s1. The Morgan fingerprint density at radius 2 is 2.17 bits per heavy atom. The number of aliphatic hydroxyl groups is 3. The molecule has 1 aliphatic heterocycles. The normalized spacial score (nSPS) is 27.8. The van der Waals surface area contributed by atoms with Crippen LogP contribution in [-0.4, -0.2) is 57.6 Å². The number of carbonyl (C=O) groups excluding carboxylic acids is 1. The maximum atomic E-state index is 12.2. The van der Waals surface area contributed by atoms with Gasteiger partial charge in [-0.15, -0.1) is 11.3 Å². The van der Waals surface area contributed by atoms with E-state index in [4.69, 9.17) is 14.6 Å². The summed E-state index contributed by atoms with van der Waals surface area (Å²) in [7, 11) is 0. The van der Waals surface area contributed by atoms with E-state index in [9.17, 15) is 15.0 Å². The zero-order valence-corrected chi connectivity index (χ0v) is 13.3. The van der Waals surface area contributed by atoms with Crippen molar-refractivity contribution >= 4 is 33.6 Å². The molecule has 1 saturated heterocycles. The lowest BCUT2D eigenvalue weighted by Gasteiger charge is -2.36. The first-order chi connectivity index (χ1) is 11.1. The minimum Gasteiger partial charge on any atom is -0.394 e. The zero-order valence-electron chi connectivity index (χ0n) is 11.7. The van der Waals surface area contributed by atoms with E-state index >= 15 is 0 Å². The zero-order chi connectivity index (χ0) is 16.4. The second-order valence-corrected chi connectivity index (χ2v) is 6.67. The molecule has 0 spiro atoms. The number of nitrogens with zero attached hydrogens (tertiary/aromatic N) is 1. The summed E-state index contributed by atoms with van der Waals surface area (Å²) in [6.45, 7) is -0.472. The highest BCUT2D eigenvalue weighted by molar-refractivity contribution is 7.19. The number of aromatic nitrogens is 1. The molecule has 3 heterocycles. The van der Waals surface area contributed by atoms with Gasteiger partial charge in [-0.05, 0) is 11.4 Å². The minimum atomic E-state index is -1.49. The summed E-state index contributed by atoms with van der Waals surface area (Å²) in [5.74, 6) is -0.125. The topological polar surface area (TPSA) is 121 Å². The molecule has 0 amide bonds. The number of ketones is 1. The number of anilines is 1. The van der Waals surface area contributed by atoms with Crippen molar-refractivity contribution in [1.29, 1.82) is 0 Å². The second-order valence-electron chi connectivity index (χ2n) is 4.69. The van der Waals surface area contributed by atoms with Crippen LogP contribution in [0, 0.1) is 0 Å². The van der Waals surface area contributed by atoms with Crippen molar-refractivity contribution in [2.24, 2.45) is 0 Å². The average Bonchev–Trinajstić information content (AvgIpc) is 3.21. The van der Waals surface area contributed by atoms with Crippen LogP contribution in [0.3, 0.4) is 0 Å². The van der Waals surface area contributed by atoms with E-state index < -0.39 is 31.5 Å². The fraction of sp³-hybridized carbons (Fsp3) is 0.385. The van der Waals surface area contributed by atoms with Crippen LogP contribution in [0.4, 0.5) is 5.13 Å². The van der Waals surface area contributed by atoms with Gasteiger partial charge in [0.25, 0.3) is 0 Å². The summed E-state index contributed by atoms with van der Waals surface area (Å²) < 4.78 is 10.3. The molecule has 3 rings (SSSR count). The van der Waals surface area contributed by atoms with Crippen molar-refractivity contribution in [2.45, 2.75) is 24.9 Å². The molecule has 2 aromatic heterocycles. The van der Waals surface area contributed by atoms with Gasteiger partial charge in [0.05, 0.1) is 22.6 Å². The predicted octanol–water partition coefficient (Wildman–Crippen LogP) is 0.218. The van der Waals surface area contributed by atoms with Gasteiger partial charge < -0.3 is 30.1 Å². The Bertz CT molecular complexity index is 661. The number of nitrogens with one attached hydrogen (secondary N) is 1. The molecule has 0 aliphatic carbocycles. The van der Waals surface area contributed by atoms with Crippen molar-refractivity contribution in [3.8, 4) is 0 Å². The number of thiophene rings is 1. The molecule has 124 valence electrons. The number of rotatable bonds is 5. The third kappa shape index (κ3) is 3.58. The summed E-state index contributed by atoms with van der Waals surface area (Å²) in [6, 6.07) is 3.53. The number of thiazole rings is 1. The maximum absolute atomic E-state index is 12.2. The number of carbonyl (C=O) groups is 1. The first-order valence-electron chi connectivity index (χ1n) is 6.67. The number of ether oxygens (including phenoxy) is 2. The number of hydrogen-bond donors (Lipinski definition) is 4. The van der Waals surface area contributed by atoms with Gasteiger partial charge in [0.1, 0.15) is 12.2 Å². The summed E-state index contributed by atoms with van der Waals surface area (Å²) >= 11 is 2.46. The Labute approximate surface area is 138 Å². The number of aliphatic hydroxyl groups excluding tert-OH is 3. The average molecular weight is 358 g/mol. The Morgan fingerprint density at radius 3 is 2.87 bits per heavy atom. The van der Waals surface area contributed by atoms with E-state index in [1.165, 1.54) is 17.5 Å². The van der Waals surface area contributed by atoms with Gasteiger partial charge in [-0.1, -0.05) is 17.4 Å². The fourth-order valence-electron chi connectivity index (χ4n) is 1.96. The van der Waals surface area contributed by atoms with Crippen molar-refractivity contribution in [1.82, 2.24) is 4.98 Å². The lowest BCUT2D eigenvalue weighted by Crippen LogP contribution is -2.53. The molecule has 4 N–H and O–H groups in total. The monoisotopic (exact) mass is 358 g/mol. The molecular weight excluding hydrogens is 344 g/mol. The smallest absolute Gasteiger partial charge is 0.242 e. The van der Waals surface area contributed by atoms with Gasteiger partial charge in [-0.3, -0.25) is 4.79 Å². The molecule has 0 bridgehead atoms. The van der Waals surface area contributed by atoms with Crippen LogP contribution in [0.25, 0.3) is 0 Å². The van der Waals surface area contributed by atoms with E-state index in [0.29, 0.717) is 14.9 Å². The van der Waals surface area contributed by atoms with Crippen LogP contribution < -0.4 is 5.32 Å². The van der Waals surface area contributed by atoms with E-state index in [2.05, 4.69) is 10.3 Å². The molecule has 0 aromatic carbocycles. The second kappa shape index (κ2) is 7.01. The largest absolute Gasteiger partial charge is 0.394 e. The van der Waals surface area contributed by atoms with Gasteiger partial charge in [0, 0.05) is 0 Å². The Kier molecular flexibility index (Phi) is 5.02. The third-order valence-corrected chi connectivity index (χ3v) is 4.93. The van der Waals surface area contributed by atoms with E-state index in [1.54, 1.807) is 12.1 Å². The highest BCUT2D eigenvalue weighted by Crippen LogP contribution is 2.25. The van der Waals surface area contributed by atoms with Crippen LogP contribution in [0.5, 0.6) is 0 Å². The van der Waals surface area contributed by atoms with Crippen LogP contribution in [0.1, 0.15) is 14.5 Å². The van der Waals surface area contributed by atoms with Gasteiger partial charge in [0.15, 0.2) is 11.4 Å². The molecular formula is C13H14N2O6S2. The summed E-state index contributed by atoms with van der Waals surface area (Å²) in [6.07, 6.45) is -3.48. The SMILES string of the molecule is O=C(c1cccs1)c1cnc(N[C@@H]2OC(O)[C@H](O)C(CO)O2)s1. The summed E-state index contributed by atoms with van der Waals surface area (Å²) in [5, 5.41) is 33.2. The minimum absolute atomic E-state index is 0.125. The van der Waals surface area contributed by atoms with Crippen LogP contribution in [0.15, 0.2) is 23.7 Å². The Morgan fingerprint density at radius 1 is 1.35 bits per heavy atom. The molecule has 1 aliphatic rings. The number of hydrogen-bond acceptors (Lipinski definition) is 10. The molecule has 4 atom stereocenters. The van der Waals surface area contributed by atoms with Crippen molar-refractivity contribution < 1.29 is 29.6 Å². The van der Waals surface area contributed by atoms with Gasteiger partial charge in [0.2, 0.25) is 12.2 Å². The highest BCUT2D eigenvalue weighted by Gasteiger charge is 2.37. The molecule has 0 saturated carbocycles. The predicted molar refractivity (Wildman–Crippen MR) is 82.3 cm³/mol. The van der Waals surface area contributed by atoms with E-state index in [0.717, 1.165) is 11.3 Å². The first-order valence-corrected chi connectivity index (χ1v) is 8.36. The molecule has 2 aromatic rings. The fourth-order valence-corrected chi connectivity index (χ4v) is 3.48. The summed E-state index contributed by atoms with van der Waals surface area (Å²) in [5.41, 5.74) is 0. The van der Waals surface area contributed by atoms with Gasteiger partial charge >= 0.3 is 0 Å². The summed E-state index contributed by atoms with van der Waals surface area (Å²) in [4.78, 5) is 17.3. The van der Waals surface area contributed by atoms with Crippen molar-refractivity contribution in [2.75, 3.05) is 11.9 Å². The van der Waals surface area contributed by atoms with E-state index in [1.807, 2.05) is 5.38 Å². The maximum Gasteiger partial charge on any atom is 0.242 e. The lowest BCUT2D eigenvalue weighted by molar-refractivity contribution is -0.328. The lowest BCUT2D eigenvalue weighted by atomic mass is 10.2. The molecule has 2 unspecified atom stereocenters. The molecule has 1 fully saturated rings. The van der Waals surface area contributed by atoms with Crippen LogP contribution in [0.2, 0.25) is 0 Å². The first kappa shape index (κ1) is 16.5. The Hall–Kier alpha value is -1.40.